The summed E-state index contributed by atoms with van der Waals surface area (Å²) < 4.78 is 0. The molecule has 0 saturated heterocycles. The predicted octanol–water partition coefficient (Wildman–Crippen LogP) is 3.50. The highest BCUT2D eigenvalue weighted by Crippen LogP contribution is 2.30. The second-order valence-corrected chi connectivity index (χ2v) is 4.70. The molecule has 0 fully saturated rings. The maximum Gasteiger partial charge on any atom is 0.0854 e. The Labute approximate surface area is 118 Å². The van der Waals surface area contributed by atoms with Crippen LogP contribution in [0.1, 0.15) is 5.69 Å². The lowest BCUT2D eigenvalue weighted by atomic mass is 10.1. The van der Waals surface area contributed by atoms with Gasteiger partial charge in [0.1, 0.15) is 0 Å². The third-order valence-electron chi connectivity index (χ3n) is 3.41. The molecule has 0 bridgehead atoms. The van der Waals surface area contributed by atoms with Gasteiger partial charge in [-0.15, -0.1) is 0 Å². The molecule has 1 aromatic heterocycles. The predicted molar refractivity (Wildman–Crippen MR) is 82.2 cm³/mol. The Balaban J connectivity index is 2.19. The molecular formula is C17H16N2O. The molecule has 3 aromatic rings. The highest BCUT2D eigenvalue weighted by atomic mass is 16.3. The molecular weight excluding hydrogens is 248 g/mol. The van der Waals surface area contributed by atoms with E-state index in [9.17, 15) is 5.11 Å². The van der Waals surface area contributed by atoms with Crippen molar-refractivity contribution in [2.45, 2.75) is 6.61 Å². The number of para-hydroxylation sites is 2. The van der Waals surface area contributed by atoms with Gasteiger partial charge in [0.2, 0.25) is 0 Å². The number of rotatable bonds is 3. The largest absolute Gasteiger partial charge is 0.390 e. The quantitative estimate of drug-likeness (QED) is 0.786. The summed E-state index contributed by atoms with van der Waals surface area (Å²) in [7, 11) is 2.03. The third-order valence-corrected chi connectivity index (χ3v) is 3.41. The van der Waals surface area contributed by atoms with Crippen molar-refractivity contribution < 1.29 is 5.11 Å². The van der Waals surface area contributed by atoms with E-state index in [0.717, 1.165) is 22.3 Å². The Hall–Kier alpha value is -2.39. The fourth-order valence-electron chi connectivity index (χ4n) is 2.36. The molecule has 0 aliphatic heterocycles. The third kappa shape index (κ3) is 2.24. The van der Waals surface area contributed by atoms with E-state index in [1.165, 1.54) is 0 Å². The minimum Gasteiger partial charge on any atom is -0.390 e. The number of aliphatic hydroxyl groups excluding tert-OH is 1. The van der Waals surface area contributed by atoms with Crippen molar-refractivity contribution in [2.24, 2.45) is 0 Å². The number of pyridine rings is 1. The summed E-state index contributed by atoms with van der Waals surface area (Å²) in [5.74, 6) is 0. The first-order valence-corrected chi connectivity index (χ1v) is 6.58. The molecule has 1 heterocycles. The molecule has 3 heteroatoms. The second-order valence-electron chi connectivity index (χ2n) is 4.70. The summed E-state index contributed by atoms with van der Waals surface area (Å²) in [6.45, 7) is -0.0551. The number of benzene rings is 2. The van der Waals surface area contributed by atoms with E-state index in [1.807, 2.05) is 49.5 Å². The zero-order chi connectivity index (χ0) is 13.9. The Kier molecular flexibility index (Phi) is 3.35. The molecule has 0 saturated carbocycles. The van der Waals surface area contributed by atoms with Gasteiger partial charge in [-0.2, -0.15) is 0 Å². The molecule has 100 valence electrons. The summed E-state index contributed by atoms with van der Waals surface area (Å²) in [5, 5.41) is 10.5. The molecule has 0 spiro atoms. The van der Waals surface area contributed by atoms with E-state index < -0.39 is 0 Å². The van der Waals surface area contributed by atoms with Crippen LogP contribution in [-0.2, 0) is 6.61 Å². The number of aromatic nitrogens is 1. The van der Waals surface area contributed by atoms with Gasteiger partial charge in [0, 0.05) is 18.1 Å². The highest BCUT2D eigenvalue weighted by Gasteiger charge is 2.10. The van der Waals surface area contributed by atoms with Crippen molar-refractivity contribution in [1.82, 2.24) is 4.98 Å². The van der Waals surface area contributed by atoms with Gasteiger partial charge < -0.3 is 10.0 Å². The minimum absolute atomic E-state index is 0.0551. The van der Waals surface area contributed by atoms with Crippen molar-refractivity contribution >= 4 is 22.3 Å². The summed E-state index contributed by atoms with van der Waals surface area (Å²) in [6, 6.07) is 20.1. The molecule has 0 aliphatic carbocycles. The van der Waals surface area contributed by atoms with Gasteiger partial charge >= 0.3 is 0 Å². The van der Waals surface area contributed by atoms with Crippen LogP contribution in [-0.4, -0.2) is 17.1 Å². The average molecular weight is 264 g/mol. The van der Waals surface area contributed by atoms with Gasteiger partial charge in [-0.3, -0.25) is 4.98 Å². The van der Waals surface area contributed by atoms with Crippen molar-refractivity contribution in [2.75, 3.05) is 11.9 Å². The van der Waals surface area contributed by atoms with Crippen molar-refractivity contribution in [3.05, 3.63) is 66.4 Å². The number of fused-ring (bicyclic) bond motifs is 1. The SMILES string of the molecule is CN(c1ccccc1)c1cc(CO)nc2ccccc12. The number of nitrogens with zero attached hydrogens (tertiary/aromatic N) is 2. The van der Waals surface area contributed by atoms with Crippen LogP contribution in [0.4, 0.5) is 11.4 Å². The van der Waals surface area contributed by atoms with Crippen LogP contribution in [0.3, 0.4) is 0 Å². The van der Waals surface area contributed by atoms with Crippen molar-refractivity contribution in [3.8, 4) is 0 Å². The average Bonchev–Trinajstić information content (AvgIpc) is 2.54. The van der Waals surface area contributed by atoms with Crippen molar-refractivity contribution in [1.29, 1.82) is 0 Å². The summed E-state index contributed by atoms with van der Waals surface area (Å²) in [4.78, 5) is 6.57. The number of anilines is 2. The van der Waals surface area contributed by atoms with Crippen LogP contribution < -0.4 is 4.90 Å². The summed E-state index contributed by atoms with van der Waals surface area (Å²) >= 11 is 0. The molecule has 3 rings (SSSR count). The lowest BCUT2D eigenvalue weighted by molar-refractivity contribution is 0.277. The molecule has 20 heavy (non-hydrogen) atoms. The summed E-state index contributed by atoms with van der Waals surface area (Å²) in [6.07, 6.45) is 0. The second kappa shape index (κ2) is 5.31. The standard InChI is InChI=1S/C17H16N2O/c1-19(14-7-3-2-4-8-14)17-11-13(12-20)18-16-10-6-5-9-15(16)17/h2-11,20H,12H2,1H3. The van der Waals surface area contributed by atoms with Crippen molar-refractivity contribution in [3.63, 3.8) is 0 Å². The van der Waals surface area contributed by atoms with Gasteiger partial charge in [0.15, 0.2) is 0 Å². The summed E-state index contributed by atoms with van der Waals surface area (Å²) in [5.41, 5.74) is 3.73. The minimum atomic E-state index is -0.0551. The fraction of sp³-hybridized carbons (Fsp3) is 0.118. The van der Waals surface area contributed by atoms with E-state index >= 15 is 0 Å². The van der Waals surface area contributed by atoms with E-state index in [2.05, 4.69) is 28.1 Å². The Morgan fingerprint density at radius 1 is 1.00 bits per heavy atom. The van der Waals surface area contributed by atoms with Crippen LogP contribution in [0, 0.1) is 0 Å². The molecule has 3 nitrogen and oxygen atoms in total. The van der Waals surface area contributed by atoms with Gasteiger partial charge in [-0.1, -0.05) is 36.4 Å². The van der Waals surface area contributed by atoms with Crippen LogP contribution >= 0.6 is 0 Å². The van der Waals surface area contributed by atoms with E-state index in [4.69, 9.17) is 0 Å². The first-order chi connectivity index (χ1) is 9.79. The van der Waals surface area contributed by atoms with E-state index in [0.29, 0.717) is 5.69 Å². The van der Waals surface area contributed by atoms with Gasteiger partial charge in [-0.25, -0.2) is 0 Å². The molecule has 0 amide bonds. The Bertz CT molecular complexity index is 725. The number of aliphatic hydroxyl groups is 1. The van der Waals surface area contributed by atoms with Crippen LogP contribution in [0.2, 0.25) is 0 Å². The maximum absolute atomic E-state index is 9.39. The molecule has 0 atom stereocenters. The van der Waals surface area contributed by atoms with Crippen LogP contribution in [0.25, 0.3) is 10.9 Å². The number of hydrogen-bond donors (Lipinski definition) is 1. The maximum atomic E-state index is 9.39. The van der Waals surface area contributed by atoms with Crippen LogP contribution in [0.15, 0.2) is 60.7 Å². The lowest BCUT2D eigenvalue weighted by Gasteiger charge is -2.22. The van der Waals surface area contributed by atoms with Crippen LogP contribution in [0.5, 0.6) is 0 Å². The molecule has 2 aromatic carbocycles. The van der Waals surface area contributed by atoms with E-state index in [1.54, 1.807) is 0 Å². The zero-order valence-electron chi connectivity index (χ0n) is 11.3. The van der Waals surface area contributed by atoms with Gasteiger partial charge in [-0.05, 0) is 24.3 Å². The fourth-order valence-corrected chi connectivity index (χ4v) is 2.36. The zero-order valence-corrected chi connectivity index (χ0v) is 11.3. The highest BCUT2D eigenvalue weighted by molar-refractivity contribution is 5.93. The monoisotopic (exact) mass is 264 g/mol. The Morgan fingerprint density at radius 3 is 2.45 bits per heavy atom. The van der Waals surface area contributed by atoms with Gasteiger partial charge in [0.05, 0.1) is 23.5 Å². The van der Waals surface area contributed by atoms with Gasteiger partial charge in [0.25, 0.3) is 0 Å². The smallest absolute Gasteiger partial charge is 0.0854 e. The topological polar surface area (TPSA) is 36.4 Å². The molecule has 1 N–H and O–H groups in total. The first-order valence-electron chi connectivity index (χ1n) is 6.58. The Morgan fingerprint density at radius 2 is 1.70 bits per heavy atom. The molecule has 0 radical (unpaired) electrons. The lowest BCUT2D eigenvalue weighted by Crippen LogP contribution is -2.11. The normalized spacial score (nSPS) is 10.7. The first kappa shape index (κ1) is 12.6. The van der Waals surface area contributed by atoms with E-state index in [-0.39, 0.29) is 6.61 Å². The molecule has 0 aliphatic rings. The number of hydrogen-bond acceptors (Lipinski definition) is 3. The molecule has 0 unspecified atom stereocenters.